The number of likely N-dealkylation sites (tertiary alicyclic amines) is 1. The van der Waals surface area contributed by atoms with Crippen LogP contribution >= 0.6 is 0 Å². The molecule has 0 radical (unpaired) electrons. The van der Waals surface area contributed by atoms with E-state index in [4.69, 9.17) is 5.73 Å². The predicted molar refractivity (Wildman–Crippen MR) is 66.2 cm³/mol. The Hall–Kier alpha value is -0.610. The number of piperidine rings is 1. The van der Waals surface area contributed by atoms with E-state index in [9.17, 15) is 4.79 Å². The number of amides is 1. The first-order chi connectivity index (χ1) is 7.65. The lowest BCUT2D eigenvalue weighted by Crippen LogP contribution is -2.47. The van der Waals surface area contributed by atoms with Crippen molar-refractivity contribution in [3.05, 3.63) is 0 Å². The molecule has 4 heteroatoms. The minimum Gasteiger partial charge on any atom is -0.369 e. The summed E-state index contributed by atoms with van der Waals surface area (Å²) in [5.41, 5.74) is 5.19. The number of nitrogens with one attached hydrogen (secondary N) is 1. The Labute approximate surface area is 98.6 Å². The normalized spacial score (nSPS) is 19.2. The lowest BCUT2D eigenvalue weighted by molar-refractivity contribution is -0.119. The Balaban J connectivity index is 2.23. The van der Waals surface area contributed by atoms with Crippen LogP contribution in [-0.4, -0.2) is 42.5 Å². The number of hydrogen-bond donors (Lipinski definition) is 2. The molecule has 0 aromatic carbocycles. The second-order valence-electron chi connectivity index (χ2n) is 4.70. The maximum absolute atomic E-state index is 10.8. The van der Waals surface area contributed by atoms with Crippen LogP contribution in [0.1, 0.15) is 39.5 Å². The minimum absolute atomic E-state index is 0.216. The van der Waals surface area contributed by atoms with Crippen LogP contribution in [0.2, 0.25) is 0 Å². The summed E-state index contributed by atoms with van der Waals surface area (Å²) >= 11 is 0. The van der Waals surface area contributed by atoms with Crippen molar-refractivity contribution in [1.82, 2.24) is 10.2 Å². The molecule has 1 heterocycles. The molecule has 1 amide bonds. The second-order valence-corrected chi connectivity index (χ2v) is 4.70. The van der Waals surface area contributed by atoms with Crippen molar-refractivity contribution in [3.63, 3.8) is 0 Å². The molecule has 0 bridgehead atoms. The predicted octanol–water partition coefficient (Wildman–Crippen LogP) is 0.714. The minimum atomic E-state index is -0.216. The van der Waals surface area contributed by atoms with E-state index in [1.54, 1.807) is 0 Å². The van der Waals surface area contributed by atoms with Gasteiger partial charge in [-0.15, -0.1) is 0 Å². The van der Waals surface area contributed by atoms with Crippen LogP contribution < -0.4 is 11.1 Å². The van der Waals surface area contributed by atoms with Crippen molar-refractivity contribution in [3.8, 4) is 0 Å². The third-order valence-electron chi connectivity index (χ3n) is 3.42. The highest BCUT2D eigenvalue weighted by atomic mass is 16.1. The molecule has 1 rings (SSSR count). The Bertz CT molecular complexity index is 208. The van der Waals surface area contributed by atoms with Crippen molar-refractivity contribution in [2.45, 2.75) is 51.6 Å². The van der Waals surface area contributed by atoms with E-state index in [2.05, 4.69) is 24.1 Å². The molecule has 94 valence electrons. The van der Waals surface area contributed by atoms with E-state index in [1.807, 2.05) is 0 Å². The van der Waals surface area contributed by atoms with Crippen LogP contribution in [0.5, 0.6) is 0 Å². The molecule has 1 fully saturated rings. The van der Waals surface area contributed by atoms with Gasteiger partial charge in [0.2, 0.25) is 5.91 Å². The molecular weight excluding hydrogens is 202 g/mol. The fourth-order valence-corrected chi connectivity index (χ4v) is 2.34. The van der Waals surface area contributed by atoms with Crippen LogP contribution in [0.15, 0.2) is 0 Å². The lowest BCUT2D eigenvalue weighted by Gasteiger charge is -2.33. The average molecular weight is 227 g/mol. The maximum atomic E-state index is 10.8. The number of hydrogen-bond acceptors (Lipinski definition) is 3. The van der Waals surface area contributed by atoms with Crippen molar-refractivity contribution < 1.29 is 4.79 Å². The van der Waals surface area contributed by atoms with Crippen LogP contribution in [-0.2, 0) is 4.79 Å². The summed E-state index contributed by atoms with van der Waals surface area (Å²) in [6.07, 6.45) is 4.64. The monoisotopic (exact) mass is 227 g/mol. The van der Waals surface area contributed by atoms with Gasteiger partial charge in [0.1, 0.15) is 0 Å². The molecule has 0 spiro atoms. The molecule has 0 unspecified atom stereocenters. The number of nitrogens with two attached hydrogens (primary N) is 1. The molecule has 0 aromatic heterocycles. The first-order valence-corrected chi connectivity index (χ1v) is 6.42. The Morgan fingerprint density at radius 3 is 2.38 bits per heavy atom. The van der Waals surface area contributed by atoms with Gasteiger partial charge in [-0.25, -0.2) is 0 Å². The van der Waals surface area contributed by atoms with Crippen LogP contribution in [0, 0.1) is 0 Å². The molecule has 0 aromatic rings. The number of nitrogens with zero attached hydrogens (tertiary/aromatic N) is 1. The zero-order valence-corrected chi connectivity index (χ0v) is 10.5. The Kier molecular flexibility index (Phi) is 5.77. The summed E-state index contributed by atoms with van der Waals surface area (Å²) in [6, 6.07) is 1.27. The SMILES string of the molecule is CCC(CC)NC1CCN(CC(N)=O)CC1. The number of rotatable bonds is 6. The van der Waals surface area contributed by atoms with Gasteiger partial charge in [0.05, 0.1) is 6.54 Å². The summed E-state index contributed by atoms with van der Waals surface area (Å²) in [5, 5.41) is 3.69. The van der Waals surface area contributed by atoms with Crippen LogP contribution in [0.25, 0.3) is 0 Å². The smallest absolute Gasteiger partial charge is 0.231 e. The standard InChI is InChI=1S/C12H25N3O/c1-3-10(4-2)14-11-5-7-15(8-6-11)9-12(13)16/h10-11,14H,3-9H2,1-2H3,(H2,13,16). The van der Waals surface area contributed by atoms with E-state index in [0.717, 1.165) is 25.9 Å². The fraction of sp³-hybridized carbons (Fsp3) is 0.917. The zero-order valence-electron chi connectivity index (χ0n) is 10.5. The molecular formula is C12H25N3O. The van der Waals surface area contributed by atoms with Gasteiger partial charge < -0.3 is 11.1 Å². The van der Waals surface area contributed by atoms with E-state index >= 15 is 0 Å². The summed E-state index contributed by atoms with van der Waals surface area (Å²) in [5.74, 6) is -0.216. The zero-order chi connectivity index (χ0) is 12.0. The van der Waals surface area contributed by atoms with Crippen molar-refractivity contribution in [2.24, 2.45) is 5.73 Å². The van der Waals surface area contributed by atoms with Crippen molar-refractivity contribution >= 4 is 5.91 Å². The van der Waals surface area contributed by atoms with Crippen LogP contribution in [0.4, 0.5) is 0 Å². The van der Waals surface area contributed by atoms with Gasteiger partial charge in [-0.2, -0.15) is 0 Å². The van der Waals surface area contributed by atoms with E-state index < -0.39 is 0 Å². The van der Waals surface area contributed by atoms with Gasteiger partial charge in [0.15, 0.2) is 0 Å². The Morgan fingerprint density at radius 2 is 1.94 bits per heavy atom. The number of carbonyl (C=O) groups excluding carboxylic acids is 1. The molecule has 0 aliphatic carbocycles. The summed E-state index contributed by atoms with van der Waals surface area (Å²) in [4.78, 5) is 12.9. The van der Waals surface area contributed by atoms with Gasteiger partial charge in [-0.3, -0.25) is 9.69 Å². The first kappa shape index (κ1) is 13.5. The summed E-state index contributed by atoms with van der Waals surface area (Å²) in [6.45, 7) is 6.84. The highest BCUT2D eigenvalue weighted by Gasteiger charge is 2.21. The molecule has 1 aliphatic heterocycles. The fourth-order valence-electron chi connectivity index (χ4n) is 2.34. The van der Waals surface area contributed by atoms with Gasteiger partial charge >= 0.3 is 0 Å². The lowest BCUT2D eigenvalue weighted by atomic mass is 10.0. The number of carbonyl (C=O) groups is 1. The van der Waals surface area contributed by atoms with Gasteiger partial charge in [-0.1, -0.05) is 13.8 Å². The highest BCUT2D eigenvalue weighted by molar-refractivity contribution is 5.75. The first-order valence-electron chi connectivity index (χ1n) is 6.42. The molecule has 0 atom stereocenters. The number of primary amides is 1. The molecule has 4 nitrogen and oxygen atoms in total. The Morgan fingerprint density at radius 1 is 1.38 bits per heavy atom. The molecule has 0 saturated carbocycles. The van der Waals surface area contributed by atoms with Crippen molar-refractivity contribution in [1.29, 1.82) is 0 Å². The average Bonchev–Trinajstić information content (AvgIpc) is 2.27. The van der Waals surface area contributed by atoms with E-state index in [0.29, 0.717) is 18.6 Å². The second kappa shape index (κ2) is 6.86. The van der Waals surface area contributed by atoms with E-state index in [-0.39, 0.29) is 5.91 Å². The third-order valence-corrected chi connectivity index (χ3v) is 3.42. The molecule has 1 aliphatic rings. The summed E-state index contributed by atoms with van der Waals surface area (Å²) < 4.78 is 0. The topological polar surface area (TPSA) is 58.4 Å². The third kappa shape index (κ3) is 4.49. The van der Waals surface area contributed by atoms with Crippen molar-refractivity contribution in [2.75, 3.05) is 19.6 Å². The van der Waals surface area contributed by atoms with Gasteiger partial charge in [0.25, 0.3) is 0 Å². The quantitative estimate of drug-likeness (QED) is 0.703. The molecule has 1 saturated heterocycles. The summed E-state index contributed by atoms with van der Waals surface area (Å²) in [7, 11) is 0. The largest absolute Gasteiger partial charge is 0.369 e. The highest BCUT2D eigenvalue weighted by Crippen LogP contribution is 2.11. The van der Waals surface area contributed by atoms with Gasteiger partial charge in [-0.05, 0) is 25.7 Å². The molecule has 3 N–H and O–H groups in total. The van der Waals surface area contributed by atoms with E-state index in [1.165, 1.54) is 12.8 Å². The molecule has 16 heavy (non-hydrogen) atoms. The van der Waals surface area contributed by atoms with Crippen LogP contribution in [0.3, 0.4) is 0 Å². The maximum Gasteiger partial charge on any atom is 0.231 e. The van der Waals surface area contributed by atoms with Gasteiger partial charge in [0, 0.05) is 25.2 Å².